The molecule has 4 nitrogen and oxygen atoms in total. The summed E-state index contributed by atoms with van der Waals surface area (Å²) in [6.45, 7) is 0. The molecule has 0 fully saturated rings. The van der Waals surface area contributed by atoms with E-state index in [1.165, 1.54) is 11.8 Å². The summed E-state index contributed by atoms with van der Waals surface area (Å²) in [6.07, 6.45) is 0. The molecule has 0 radical (unpaired) electrons. The van der Waals surface area contributed by atoms with Gasteiger partial charge in [0.1, 0.15) is 0 Å². The minimum Gasteiger partial charge on any atom is -0.366 e. The fourth-order valence-corrected chi connectivity index (χ4v) is 2.72. The first-order valence-electron chi connectivity index (χ1n) is 5.55. The van der Waals surface area contributed by atoms with Crippen LogP contribution in [-0.4, -0.2) is 11.8 Å². The van der Waals surface area contributed by atoms with Crippen molar-refractivity contribution in [3.63, 3.8) is 0 Å². The predicted molar refractivity (Wildman–Crippen MR) is 74.0 cm³/mol. The number of carbonyl (C=O) groups excluding carboxylic acids is 2. The lowest BCUT2D eigenvalue weighted by molar-refractivity contribution is 0.0989. The van der Waals surface area contributed by atoms with Crippen LogP contribution in [0.4, 0.5) is 0 Å². The van der Waals surface area contributed by atoms with Gasteiger partial charge in [0.2, 0.25) is 11.8 Å². The van der Waals surface area contributed by atoms with Crippen LogP contribution in [0.15, 0.2) is 58.3 Å². The zero-order chi connectivity index (χ0) is 13.8. The summed E-state index contributed by atoms with van der Waals surface area (Å²) in [7, 11) is 0. The summed E-state index contributed by atoms with van der Waals surface area (Å²) >= 11 is 1.30. The van der Waals surface area contributed by atoms with Gasteiger partial charge in [-0.25, -0.2) is 0 Å². The number of hydrogen-bond acceptors (Lipinski definition) is 3. The van der Waals surface area contributed by atoms with Crippen molar-refractivity contribution in [1.82, 2.24) is 0 Å². The van der Waals surface area contributed by atoms with E-state index in [0.29, 0.717) is 20.9 Å². The molecule has 0 unspecified atom stereocenters. The van der Waals surface area contributed by atoms with Gasteiger partial charge in [0, 0.05) is 9.79 Å². The van der Waals surface area contributed by atoms with Crippen molar-refractivity contribution in [2.75, 3.05) is 0 Å². The van der Waals surface area contributed by atoms with Crippen molar-refractivity contribution < 1.29 is 9.59 Å². The van der Waals surface area contributed by atoms with Crippen molar-refractivity contribution in [1.29, 1.82) is 0 Å². The molecule has 4 N–H and O–H groups in total. The standard InChI is InChI=1S/C14H12N2O2S/c15-13(17)9-5-1-3-7-11(9)19-12-8-4-2-6-10(12)14(16)18/h1-8H,(H2,15,17)(H2,16,18). The molecule has 5 heteroatoms. The maximum atomic E-state index is 11.3. The normalized spacial score (nSPS) is 10.1. The quantitative estimate of drug-likeness (QED) is 0.893. The molecule has 0 spiro atoms. The van der Waals surface area contributed by atoms with Crippen LogP contribution in [0.1, 0.15) is 20.7 Å². The topological polar surface area (TPSA) is 86.2 Å². The number of carbonyl (C=O) groups is 2. The van der Waals surface area contributed by atoms with Crippen LogP contribution in [0.3, 0.4) is 0 Å². The van der Waals surface area contributed by atoms with Crippen LogP contribution in [0, 0.1) is 0 Å². The fourth-order valence-electron chi connectivity index (χ4n) is 1.64. The molecule has 0 heterocycles. The zero-order valence-electron chi connectivity index (χ0n) is 10.00. The van der Waals surface area contributed by atoms with E-state index in [4.69, 9.17) is 11.5 Å². The molecular weight excluding hydrogens is 260 g/mol. The predicted octanol–water partition coefficient (Wildman–Crippen LogP) is 2.04. The van der Waals surface area contributed by atoms with Crippen LogP contribution in [0.5, 0.6) is 0 Å². The highest BCUT2D eigenvalue weighted by Crippen LogP contribution is 2.32. The first kappa shape index (κ1) is 13.2. The lowest BCUT2D eigenvalue weighted by Crippen LogP contribution is -2.13. The van der Waals surface area contributed by atoms with Gasteiger partial charge in [0.05, 0.1) is 11.1 Å². The average Bonchev–Trinajstić information content (AvgIpc) is 2.39. The van der Waals surface area contributed by atoms with Crippen molar-refractivity contribution in [3.8, 4) is 0 Å². The third-order valence-electron chi connectivity index (χ3n) is 2.52. The Hall–Kier alpha value is -2.27. The summed E-state index contributed by atoms with van der Waals surface area (Å²) in [5.74, 6) is -1.00. The van der Waals surface area contributed by atoms with Gasteiger partial charge in [-0.1, -0.05) is 36.0 Å². The fraction of sp³-hybridized carbons (Fsp3) is 0. The second-order valence-electron chi connectivity index (χ2n) is 3.82. The van der Waals surface area contributed by atoms with Gasteiger partial charge in [-0.15, -0.1) is 0 Å². The Morgan fingerprint density at radius 2 is 1.11 bits per heavy atom. The van der Waals surface area contributed by atoms with E-state index >= 15 is 0 Å². The van der Waals surface area contributed by atoms with Gasteiger partial charge in [0.25, 0.3) is 0 Å². The highest BCUT2D eigenvalue weighted by Gasteiger charge is 2.12. The van der Waals surface area contributed by atoms with Crippen LogP contribution in [0.2, 0.25) is 0 Å². The van der Waals surface area contributed by atoms with E-state index in [2.05, 4.69) is 0 Å². The van der Waals surface area contributed by atoms with Crippen molar-refractivity contribution in [2.45, 2.75) is 9.79 Å². The van der Waals surface area contributed by atoms with Gasteiger partial charge in [-0.05, 0) is 24.3 Å². The lowest BCUT2D eigenvalue weighted by Gasteiger charge is -2.08. The van der Waals surface area contributed by atoms with Crippen LogP contribution in [0.25, 0.3) is 0 Å². The monoisotopic (exact) mass is 272 g/mol. The number of rotatable bonds is 4. The Morgan fingerprint density at radius 3 is 1.47 bits per heavy atom. The molecule has 2 aromatic rings. The van der Waals surface area contributed by atoms with Crippen molar-refractivity contribution in [2.24, 2.45) is 11.5 Å². The highest BCUT2D eigenvalue weighted by atomic mass is 32.2. The molecule has 19 heavy (non-hydrogen) atoms. The first-order chi connectivity index (χ1) is 9.09. The second-order valence-corrected chi connectivity index (χ2v) is 4.91. The SMILES string of the molecule is NC(=O)c1ccccc1Sc1ccccc1C(N)=O. The molecule has 0 atom stereocenters. The zero-order valence-corrected chi connectivity index (χ0v) is 10.8. The lowest BCUT2D eigenvalue weighted by atomic mass is 10.2. The number of hydrogen-bond donors (Lipinski definition) is 2. The molecule has 0 saturated carbocycles. The molecule has 0 saturated heterocycles. The van der Waals surface area contributed by atoms with Gasteiger partial charge in [-0.2, -0.15) is 0 Å². The summed E-state index contributed by atoms with van der Waals surface area (Å²) in [5, 5.41) is 0. The van der Waals surface area contributed by atoms with E-state index in [9.17, 15) is 9.59 Å². The van der Waals surface area contributed by atoms with Crippen LogP contribution >= 0.6 is 11.8 Å². The number of amides is 2. The van der Waals surface area contributed by atoms with Crippen molar-refractivity contribution in [3.05, 3.63) is 59.7 Å². The van der Waals surface area contributed by atoms with E-state index in [1.807, 2.05) is 12.1 Å². The Morgan fingerprint density at radius 1 is 0.737 bits per heavy atom. The number of primary amides is 2. The van der Waals surface area contributed by atoms with E-state index in [-0.39, 0.29) is 0 Å². The molecule has 0 aliphatic heterocycles. The van der Waals surface area contributed by atoms with Crippen molar-refractivity contribution >= 4 is 23.6 Å². The van der Waals surface area contributed by atoms with Gasteiger partial charge < -0.3 is 11.5 Å². The summed E-state index contributed by atoms with van der Waals surface area (Å²) in [5.41, 5.74) is 11.5. The molecule has 0 aliphatic carbocycles. The third kappa shape index (κ3) is 2.95. The minimum atomic E-state index is -0.500. The molecule has 0 bridgehead atoms. The van der Waals surface area contributed by atoms with Gasteiger partial charge in [0.15, 0.2) is 0 Å². The molecular formula is C14H12N2O2S. The molecule has 0 aliphatic rings. The molecule has 2 aromatic carbocycles. The maximum Gasteiger partial charge on any atom is 0.249 e. The molecule has 2 rings (SSSR count). The summed E-state index contributed by atoms with van der Waals surface area (Å²) < 4.78 is 0. The first-order valence-corrected chi connectivity index (χ1v) is 6.37. The largest absolute Gasteiger partial charge is 0.366 e. The Kier molecular flexibility index (Phi) is 3.87. The Bertz CT molecular complexity index is 585. The summed E-state index contributed by atoms with van der Waals surface area (Å²) in [6, 6.07) is 14.0. The smallest absolute Gasteiger partial charge is 0.249 e. The summed E-state index contributed by atoms with van der Waals surface area (Å²) in [4.78, 5) is 24.1. The van der Waals surface area contributed by atoms with Crippen LogP contribution in [-0.2, 0) is 0 Å². The number of benzene rings is 2. The average molecular weight is 272 g/mol. The molecule has 0 aromatic heterocycles. The van der Waals surface area contributed by atoms with Gasteiger partial charge >= 0.3 is 0 Å². The maximum absolute atomic E-state index is 11.3. The van der Waals surface area contributed by atoms with E-state index in [1.54, 1.807) is 36.4 Å². The highest BCUT2D eigenvalue weighted by molar-refractivity contribution is 7.99. The molecule has 2 amide bonds. The Balaban J connectivity index is 2.42. The second kappa shape index (κ2) is 5.58. The van der Waals surface area contributed by atoms with E-state index in [0.717, 1.165) is 0 Å². The minimum absolute atomic E-state index is 0.423. The third-order valence-corrected chi connectivity index (χ3v) is 3.68. The Labute approximate surface area is 114 Å². The molecule has 96 valence electrons. The van der Waals surface area contributed by atoms with E-state index < -0.39 is 11.8 Å². The number of nitrogens with two attached hydrogens (primary N) is 2. The van der Waals surface area contributed by atoms with Crippen LogP contribution < -0.4 is 11.5 Å². The van der Waals surface area contributed by atoms with Gasteiger partial charge in [-0.3, -0.25) is 9.59 Å².